The Bertz CT molecular complexity index is 692. The first kappa shape index (κ1) is 18.9. The molecule has 1 N–H and O–H groups in total. The highest BCUT2D eigenvalue weighted by Gasteiger charge is 2.30. The van der Waals surface area contributed by atoms with Crippen LogP contribution in [0.25, 0.3) is 0 Å². The van der Waals surface area contributed by atoms with Gasteiger partial charge < -0.3 is 5.32 Å². The number of nitrogens with zero attached hydrogens (tertiary/aromatic N) is 1. The quantitative estimate of drug-likeness (QED) is 0.885. The highest BCUT2D eigenvalue weighted by Crippen LogP contribution is 2.23. The number of benzene rings is 1. The molecule has 0 aliphatic carbocycles. The third kappa shape index (κ3) is 4.36. The number of amides is 1. The van der Waals surface area contributed by atoms with Crippen LogP contribution < -0.4 is 5.32 Å². The van der Waals surface area contributed by atoms with Crippen molar-refractivity contribution >= 4 is 15.9 Å². The topological polar surface area (TPSA) is 66.5 Å². The molecular weight excluding hydrogens is 324 g/mol. The zero-order valence-electron chi connectivity index (χ0n) is 15.0. The van der Waals surface area contributed by atoms with Crippen LogP contribution in [0.5, 0.6) is 0 Å². The summed E-state index contributed by atoms with van der Waals surface area (Å²) in [4.78, 5) is 12.5. The Hall–Kier alpha value is -1.40. The molecule has 0 bridgehead atoms. The average Bonchev–Trinajstić information content (AvgIpc) is 2.54. The van der Waals surface area contributed by atoms with Crippen LogP contribution >= 0.6 is 0 Å². The molecule has 0 saturated carbocycles. The molecule has 0 aromatic heterocycles. The van der Waals surface area contributed by atoms with Crippen molar-refractivity contribution < 1.29 is 13.2 Å². The van der Waals surface area contributed by atoms with Gasteiger partial charge in [0.05, 0.1) is 11.8 Å². The number of nitrogens with one attached hydrogen (secondary N) is 1. The predicted octanol–water partition coefficient (Wildman–Crippen LogP) is 2.54. The molecule has 1 aromatic rings. The van der Waals surface area contributed by atoms with Gasteiger partial charge in [-0.05, 0) is 51.7 Å². The molecule has 1 amide bonds. The van der Waals surface area contributed by atoms with E-state index in [0.717, 1.165) is 5.56 Å². The van der Waals surface area contributed by atoms with E-state index in [1.165, 1.54) is 15.4 Å². The number of aryl methyl sites for hydroxylation is 2. The van der Waals surface area contributed by atoms with Gasteiger partial charge in [-0.3, -0.25) is 4.79 Å². The zero-order chi connectivity index (χ0) is 17.9. The van der Waals surface area contributed by atoms with E-state index in [2.05, 4.69) is 37.4 Å². The van der Waals surface area contributed by atoms with E-state index in [9.17, 15) is 13.2 Å². The summed E-state index contributed by atoms with van der Waals surface area (Å²) < 4.78 is 25.3. The number of carbonyl (C=O) groups excluding carboxylic acids is 1. The first-order valence-electron chi connectivity index (χ1n) is 8.60. The highest BCUT2D eigenvalue weighted by atomic mass is 32.2. The lowest BCUT2D eigenvalue weighted by Crippen LogP contribution is -2.43. The Morgan fingerprint density at radius 3 is 2.46 bits per heavy atom. The Labute approximate surface area is 145 Å². The molecule has 0 spiro atoms. The first-order valence-corrected chi connectivity index (χ1v) is 10.2. The van der Waals surface area contributed by atoms with Gasteiger partial charge in [-0.2, -0.15) is 0 Å². The van der Waals surface area contributed by atoms with E-state index in [1.54, 1.807) is 6.92 Å². The molecular formula is C18H28N2O3S. The molecule has 1 aliphatic rings. The van der Waals surface area contributed by atoms with Gasteiger partial charge in [0.25, 0.3) is 0 Å². The second-order valence-electron chi connectivity index (χ2n) is 6.66. The lowest BCUT2D eigenvalue weighted by Gasteiger charge is -2.31. The van der Waals surface area contributed by atoms with E-state index >= 15 is 0 Å². The normalized spacial score (nSPS) is 18.3. The minimum absolute atomic E-state index is 0.0241. The van der Waals surface area contributed by atoms with Crippen LogP contribution in [-0.4, -0.2) is 37.5 Å². The average molecular weight is 353 g/mol. The maximum absolute atomic E-state index is 12.5. The summed E-state index contributed by atoms with van der Waals surface area (Å²) in [6.45, 7) is 8.63. The summed E-state index contributed by atoms with van der Waals surface area (Å²) in [5.41, 5.74) is 3.51. The van der Waals surface area contributed by atoms with Crippen LogP contribution in [0.3, 0.4) is 0 Å². The van der Waals surface area contributed by atoms with Crippen molar-refractivity contribution in [3.05, 3.63) is 34.9 Å². The number of hydrogen-bond donors (Lipinski definition) is 1. The fraction of sp³-hybridized carbons (Fsp3) is 0.611. The minimum Gasteiger partial charge on any atom is -0.349 e. The van der Waals surface area contributed by atoms with Gasteiger partial charge in [0.1, 0.15) is 0 Å². The SMILES string of the molecule is CCS(=O)(=O)N1CCC(C(=O)NC(C)c2ccc(C)cc2C)CC1. The molecule has 1 heterocycles. The third-order valence-corrected chi connectivity index (χ3v) is 6.72. The van der Waals surface area contributed by atoms with Crippen molar-refractivity contribution in [2.24, 2.45) is 5.92 Å². The fourth-order valence-electron chi connectivity index (χ4n) is 3.30. The van der Waals surface area contributed by atoms with Crippen LogP contribution in [0, 0.1) is 19.8 Å². The van der Waals surface area contributed by atoms with Gasteiger partial charge in [-0.15, -0.1) is 0 Å². The van der Waals surface area contributed by atoms with E-state index in [1.807, 2.05) is 6.92 Å². The predicted molar refractivity (Wildman–Crippen MR) is 96.2 cm³/mol. The highest BCUT2D eigenvalue weighted by molar-refractivity contribution is 7.89. The summed E-state index contributed by atoms with van der Waals surface area (Å²) in [5.74, 6) is 0.0330. The van der Waals surface area contributed by atoms with Crippen molar-refractivity contribution in [1.29, 1.82) is 0 Å². The third-order valence-electron chi connectivity index (χ3n) is 4.83. The van der Waals surface area contributed by atoms with Crippen LogP contribution in [0.1, 0.15) is 49.4 Å². The Morgan fingerprint density at radius 2 is 1.92 bits per heavy atom. The standard InChI is InChI=1S/C18H28N2O3S/c1-5-24(22,23)20-10-8-16(9-11-20)18(21)19-15(4)17-7-6-13(2)12-14(17)3/h6-7,12,15-16H,5,8-11H2,1-4H3,(H,19,21). The van der Waals surface area contributed by atoms with Gasteiger partial charge >= 0.3 is 0 Å². The summed E-state index contributed by atoms with van der Waals surface area (Å²) in [5, 5.41) is 3.09. The second kappa shape index (κ2) is 7.66. The van der Waals surface area contributed by atoms with Crippen molar-refractivity contribution in [3.8, 4) is 0 Å². The molecule has 1 saturated heterocycles. The smallest absolute Gasteiger partial charge is 0.223 e. The number of sulfonamides is 1. The molecule has 6 heteroatoms. The molecule has 1 fully saturated rings. The van der Waals surface area contributed by atoms with Crippen LogP contribution in [0.15, 0.2) is 18.2 Å². The van der Waals surface area contributed by atoms with Gasteiger partial charge in [0.2, 0.25) is 15.9 Å². The van der Waals surface area contributed by atoms with Gasteiger partial charge in [0, 0.05) is 19.0 Å². The van der Waals surface area contributed by atoms with Gasteiger partial charge in [-0.1, -0.05) is 23.8 Å². The lowest BCUT2D eigenvalue weighted by molar-refractivity contribution is -0.126. The molecule has 1 aliphatic heterocycles. The van der Waals surface area contributed by atoms with E-state index in [4.69, 9.17) is 0 Å². The maximum Gasteiger partial charge on any atom is 0.223 e. The van der Waals surface area contributed by atoms with Crippen LogP contribution in [0.2, 0.25) is 0 Å². The Morgan fingerprint density at radius 1 is 1.29 bits per heavy atom. The zero-order valence-corrected chi connectivity index (χ0v) is 15.8. The Balaban J connectivity index is 1.94. The lowest BCUT2D eigenvalue weighted by atomic mass is 9.95. The molecule has 1 unspecified atom stereocenters. The molecule has 1 aromatic carbocycles. The molecule has 0 radical (unpaired) electrons. The van der Waals surface area contributed by atoms with Crippen LogP contribution in [0.4, 0.5) is 0 Å². The van der Waals surface area contributed by atoms with Crippen molar-refractivity contribution in [2.75, 3.05) is 18.8 Å². The van der Waals surface area contributed by atoms with E-state index < -0.39 is 10.0 Å². The fourth-order valence-corrected chi connectivity index (χ4v) is 4.43. The summed E-state index contributed by atoms with van der Waals surface area (Å²) in [6, 6.07) is 6.19. The maximum atomic E-state index is 12.5. The molecule has 2 rings (SSSR count). The minimum atomic E-state index is -3.14. The molecule has 24 heavy (non-hydrogen) atoms. The Kier molecular flexibility index (Phi) is 6.04. The molecule has 5 nitrogen and oxygen atoms in total. The first-order chi connectivity index (χ1) is 11.2. The number of carbonyl (C=O) groups is 1. The summed E-state index contributed by atoms with van der Waals surface area (Å²) in [6.07, 6.45) is 1.18. The molecule has 134 valence electrons. The van der Waals surface area contributed by atoms with E-state index in [-0.39, 0.29) is 23.6 Å². The summed E-state index contributed by atoms with van der Waals surface area (Å²) in [7, 11) is -3.14. The van der Waals surface area contributed by atoms with Gasteiger partial charge in [0.15, 0.2) is 0 Å². The number of rotatable bonds is 5. The molecule has 1 atom stereocenters. The summed E-state index contributed by atoms with van der Waals surface area (Å²) >= 11 is 0. The van der Waals surface area contributed by atoms with E-state index in [0.29, 0.717) is 25.9 Å². The number of piperidine rings is 1. The number of hydrogen-bond acceptors (Lipinski definition) is 3. The second-order valence-corrected chi connectivity index (χ2v) is 8.92. The van der Waals surface area contributed by atoms with Gasteiger partial charge in [-0.25, -0.2) is 12.7 Å². The van der Waals surface area contributed by atoms with Crippen molar-refractivity contribution in [1.82, 2.24) is 9.62 Å². The largest absolute Gasteiger partial charge is 0.349 e. The monoisotopic (exact) mass is 352 g/mol. The van der Waals surface area contributed by atoms with Crippen LogP contribution in [-0.2, 0) is 14.8 Å². The van der Waals surface area contributed by atoms with Crippen molar-refractivity contribution in [2.45, 2.75) is 46.6 Å². The van der Waals surface area contributed by atoms with Crippen molar-refractivity contribution in [3.63, 3.8) is 0 Å².